The third kappa shape index (κ3) is 3.44. The van der Waals surface area contributed by atoms with Gasteiger partial charge in [-0.05, 0) is 53.6 Å². The van der Waals surface area contributed by atoms with Gasteiger partial charge in [-0.3, -0.25) is 4.90 Å². The fourth-order valence-electron chi connectivity index (χ4n) is 4.50. The molecule has 3 fully saturated rings. The van der Waals surface area contributed by atoms with Gasteiger partial charge in [-0.25, -0.2) is 0 Å². The van der Waals surface area contributed by atoms with E-state index in [1.54, 1.807) is 0 Å². The van der Waals surface area contributed by atoms with Crippen LogP contribution in [0.1, 0.15) is 39.5 Å². The zero-order valence-electron chi connectivity index (χ0n) is 14.4. The van der Waals surface area contributed by atoms with Crippen molar-refractivity contribution in [3.8, 4) is 0 Å². The minimum atomic E-state index is 0.281. The van der Waals surface area contributed by atoms with E-state index < -0.39 is 0 Å². The number of hydrogen-bond acceptors (Lipinski definition) is 4. The summed E-state index contributed by atoms with van der Waals surface area (Å²) in [5.41, 5.74) is 0.281. The molecule has 2 atom stereocenters. The van der Waals surface area contributed by atoms with Crippen molar-refractivity contribution in [3.63, 3.8) is 0 Å². The molecule has 3 aliphatic rings. The predicted octanol–water partition coefficient (Wildman–Crippen LogP) is 1.23. The summed E-state index contributed by atoms with van der Waals surface area (Å²) in [5.74, 6) is 0. The Morgan fingerprint density at radius 3 is 2.10 bits per heavy atom. The number of hydrogen-bond donors (Lipinski definition) is 1. The minimum absolute atomic E-state index is 0.281. The highest BCUT2D eigenvalue weighted by molar-refractivity contribution is 4.97. The Hall–Kier alpha value is -0.160. The quantitative estimate of drug-likeness (QED) is 0.842. The summed E-state index contributed by atoms with van der Waals surface area (Å²) < 4.78 is 0. The molecular formula is C17H34N4. The topological polar surface area (TPSA) is 21.8 Å². The molecule has 2 bridgehead atoms. The van der Waals surface area contributed by atoms with Crippen molar-refractivity contribution in [1.29, 1.82) is 0 Å². The van der Waals surface area contributed by atoms with E-state index in [2.05, 4.69) is 48.0 Å². The molecule has 0 aromatic carbocycles. The van der Waals surface area contributed by atoms with Crippen molar-refractivity contribution in [2.45, 2.75) is 63.2 Å². The van der Waals surface area contributed by atoms with Gasteiger partial charge in [-0.15, -0.1) is 0 Å². The fourth-order valence-corrected chi connectivity index (χ4v) is 4.50. The molecular weight excluding hydrogens is 260 g/mol. The summed E-state index contributed by atoms with van der Waals surface area (Å²) in [6.45, 7) is 10.8. The van der Waals surface area contributed by atoms with Crippen LogP contribution in [0.3, 0.4) is 0 Å². The Kier molecular flexibility index (Phi) is 4.60. The lowest BCUT2D eigenvalue weighted by atomic mass is 9.95. The number of fused-ring (bicyclic) bond motifs is 2. The monoisotopic (exact) mass is 294 g/mol. The zero-order chi connectivity index (χ0) is 15.0. The van der Waals surface area contributed by atoms with Crippen molar-refractivity contribution in [2.24, 2.45) is 0 Å². The maximum absolute atomic E-state index is 3.91. The highest BCUT2D eigenvalue weighted by Crippen LogP contribution is 2.34. The second-order valence-electron chi connectivity index (χ2n) is 8.20. The average molecular weight is 294 g/mol. The summed E-state index contributed by atoms with van der Waals surface area (Å²) in [7, 11) is 4.56. The van der Waals surface area contributed by atoms with Crippen LogP contribution in [-0.2, 0) is 0 Å². The number of nitrogens with zero attached hydrogens (tertiary/aromatic N) is 3. The summed E-state index contributed by atoms with van der Waals surface area (Å²) in [4.78, 5) is 7.74. The van der Waals surface area contributed by atoms with E-state index in [1.165, 1.54) is 51.9 Å². The average Bonchev–Trinajstić information content (AvgIpc) is 2.68. The summed E-state index contributed by atoms with van der Waals surface area (Å²) >= 11 is 0. The van der Waals surface area contributed by atoms with Gasteiger partial charge in [0.25, 0.3) is 0 Å². The number of nitrogens with one attached hydrogen (secondary N) is 1. The van der Waals surface area contributed by atoms with Crippen LogP contribution in [0.4, 0.5) is 0 Å². The van der Waals surface area contributed by atoms with Crippen molar-refractivity contribution in [3.05, 3.63) is 0 Å². The molecule has 0 spiro atoms. The van der Waals surface area contributed by atoms with Crippen LogP contribution in [0, 0.1) is 0 Å². The van der Waals surface area contributed by atoms with Crippen molar-refractivity contribution in [2.75, 3.05) is 46.8 Å². The molecule has 4 nitrogen and oxygen atoms in total. The van der Waals surface area contributed by atoms with Gasteiger partial charge in [0.1, 0.15) is 0 Å². The van der Waals surface area contributed by atoms with Gasteiger partial charge in [0.05, 0.1) is 0 Å². The molecule has 0 amide bonds. The zero-order valence-corrected chi connectivity index (χ0v) is 14.4. The van der Waals surface area contributed by atoms with Crippen LogP contribution in [-0.4, -0.2) is 85.2 Å². The van der Waals surface area contributed by atoms with Crippen LogP contribution in [0.5, 0.6) is 0 Å². The predicted molar refractivity (Wildman–Crippen MR) is 88.7 cm³/mol. The SMILES string of the molecule is CN1CCN(C(C)(C)CNC2CC3CCC(C2)N3C)CC1. The Labute approximate surface area is 130 Å². The van der Waals surface area contributed by atoms with Gasteiger partial charge in [-0.1, -0.05) is 0 Å². The third-order valence-corrected chi connectivity index (χ3v) is 6.28. The van der Waals surface area contributed by atoms with Crippen LogP contribution in [0.25, 0.3) is 0 Å². The smallest absolute Gasteiger partial charge is 0.0278 e. The van der Waals surface area contributed by atoms with Crippen molar-refractivity contribution >= 4 is 0 Å². The first kappa shape index (κ1) is 15.7. The van der Waals surface area contributed by atoms with Gasteiger partial charge >= 0.3 is 0 Å². The normalized spacial score (nSPS) is 36.3. The molecule has 0 radical (unpaired) electrons. The van der Waals surface area contributed by atoms with Gasteiger partial charge < -0.3 is 15.1 Å². The maximum atomic E-state index is 3.91. The van der Waals surface area contributed by atoms with E-state index in [1.807, 2.05) is 0 Å². The first-order valence-corrected chi connectivity index (χ1v) is 8.84. The summed E-state index contributed by atoms with van der Waals surface area (Å²) in [6, 6.07) is 2.42. The molecule has 0 aromatic rings. The molecule has 0 aliphatic carbocycles. The molecule has 0 saturated carbocycles. The lowest BCUT2D eigenvalue weighted by molar-refractivity contribution is 0.0557. The van der Waals surface area contributed by atoms with Crippen molar-refractivity contribution in [1.82, 2.24) is 20.0 Å². The van der Waals surface area contributed by atoms with E-state index in [-0.39, 0.29) is 5.54 Å². The number of rotatable bonds is 4. The molecule has 3 aliphatic heterocycles. The molecule has 1 N–H and O–H groups in total. The Morgan fingerprint density at radius 1 is 0.952 bits per heavy atom. The van der Waals surface area contributed by atoms with E-state index >= 15 is 0 Å². The molecule has 3 heterocycles. The van der Waals surface area contributed by atoms with Crippen LogP contribution in [0.15, 0.2) is 0 Å². The summed E-state index contributed by atoms with van der Waals surface area (Å²) in [6.07, 6.45) is 5.54. The van der Waals surface area contributed by atoms with E-state index in [4.69, 9.17) is 0 Å². The highest BCUT2D eigenvalue weighted by atomic mass is 15.3. The Morgan fingerprint density at radius 2 is 1.52 bits per heavy atom. The van der Waals surface area contributed by atoms with Crippen molar-refractivity contribution < 1.29 is 0 Å². The summed E-state index contributed by atoms with van der Waals surface area (Å²) in [5, 5.41) is 3.91. The largest absolute Gasteiger partial charge is 0.312 e. The fraction of sp³-hybridized carbons (Fsp3) is 1.00. The standard InChI is InChI=1S/C17H34N4/c1-17(2,21-9-7-19(3)8-10-21)13-18-14-11-15-5-6-16(12-14)20(15)4/h14-16,18H,5-13H2,1-4H3. The van der Waals surface area contributed by atoms with E-state index in [9.17, 15) is 0 Å². The van der Waals surface area contributed by atoms with E-state index in [0.29, 0.717) is 0 Å². The van der Waals surface area contributed by atoms with Crippen LogP contribution >= 0.6 is 0 Å². The first-order chi connectivity index (χ1) is 9.95. The first-order valence-electron chi connectivity index (χ1n) is 8.84. The second-order valence-corrected chi connectivity index (χ2v) is 8.20. The van der Waals surface area contributed by atoms with Gasteiger partial charge in [0, 0.05) is 56.4 Å². The van der Waals surface area contributed by atoms with Crippen LogP contribution < -0.4 is 5.32 Å². The van der Waals surface area contributed by atoms with Crippen LogP contribution in [0.2, 0.25) is 0 Å². The molecule has 122 valence electrons. The molecule has 0 aromatic heterocycles. The molecule has 3 rings (SSSR count). The number of likely N-dealkylation sites (N-methyl/N-ethyl adjacent to an activating group) is 1. The highest BCUT2D eigenvalue weighted by Gasteiger charge is 2.39. The second kappa shape index (κ2) is 6.15. The van der Waals surface area contributed by atoms with Gasteiger partial charge in [0.15, 0.2) is 0 Å². The molecule has 2 unspecified atom stereocenters. The molecule has 4 heteroatoms. The maximum Gasteiger partial charge on any atom is 0.0278 e. The minimum Gasteiger partial charge on any atom is -0.312 e. The lowest BCUT2D eigenvalue weighted by Crippen LogP contribution is -2.59. The van der Waals surface area contributed by atoms with Gasteiger partial charge in [0.2, 0.25) is 0 Å². The third-order valence-electron chi connectivity index (χ3n) is 6.28. The lowest BCUT2D eigenvalue weighted by Gasteiger charge is -2.45. The van der Waals surface area contributed by atoms with Gasteiger partial charge in [-0.2, -0.15) is 0 Å². The van der Waals surface area contributed by atoms with E-state index in [0.717, 1.165) is 24.7 Å². The number of piperazine rings is 1. The molecule has 21 heavy (non-hydrogen) atoms. The Bertz CT molecular complexity index is 335. The number of piperidine rings is 1. The molecule has 3 saturated heterocycles. The Balaban J connectivity index is 1.48.